The Balaban J connectivity index is 2.09. The Labute approximate surface area is 128 Å². The number of allylic oxidation sites excluding steroid dienone is 2. The molecule has 0 fully saturated rings. The van der Waals surface area contributed by atoms with Crippen LogP contribution >= 0.6 is 0 Å². The Morgan fingerprint density at radius 1 is 1.24 bits per heavy atom. The lowest BCUT2D eigenvalue weighted by molar-refractivity contribution is -0.115. The molecule has 0 aromatic rings. The van der Waals surface area contributed by atoms with Crippen molar-refractivity contribution in [2.75, 3.05) is 0 Å². The number of hydrogen-bond donors (Lipinski definition) is 1. The standard InChI is InChI=1S/C19H28O2/c1-11(2)13-7-8-19(4)10-15-14(5-6-17(15)20)12(3)18(21)9-16(13)19/h11-12,18,21H,5-10H2,1-4H3. The maximum Gasteiger partial charge on any atom is 0.159 e. The topological polar surface area (TPSA) is 37.3 Å². The van der Waals surface area contributed by atoms with Crippen molar-refractivity contribution >= 4 is 5.78 Å². The number of fused-ring (bicyclic) bond motifs is 1. The van der Waals surface area contributed by atoms with Crippen molar-refractivity contribution in [1.82, 2.24) is 0 Å². The third-order valence-corrected chi connectivity index (χ3v) is 6.21. The summed E-state index contributed by atoms with van der Waals surface area (Å²) >= 11 is 0. The third kappa shape index (κ3) is 2.32. The van der Waals surface area contributed by atoms with Gasteiger partial charge >= 0.3 is 0 Å². The number of ketones is 1. The molecule has 116 valence electrons. The SMILES string of the molecule is CC(C)C1=C2CC(O)C(C)C3=C(CC2(C)CC1)C(=O)CC3. The Morgan fingerprint density at radius 3 is 2.62 bits per heavy atom. The highest BCUT2D eigenvalue weighted by molar-refractivity contribution is 5.99. The van der Waals surface area contributed by atoms with Crippen LogP contribution in [0.4, 0.5) is 0 Å². The molecule has 3 rings (SSSR count). The predicted molar refractivity (Wildman–Crippen MR) is 84.9 cm³/mol. The van der Waals surface area contributed by atoms with E-state index < -0.39 is 0 Å². The molecule has 1 N–H and O–H groups in total. The molecule has 0 saturated carbocycles. The van der Waals surface area contributed by atoms with Crippen LogP contribution in [0.1, 0.15) is 66.2 Å². The van der Waals surface area contributed by atoms with Gasteiger partial charge in [0, 0.05) is 12.3 Å². The fourth-order valence-electron chi connectivity index (χ4n) is 4.76. The number of hydrogen-bond acceptors (Lipinski definition) is 2. The zero-order chi connectivity index (χ0) is 15.4. The minimum atomic E-state index is -0.331. The molecule has 0 amide bonds. The molecule has 3 unspecified atom stereocenters. The number of aliphatic hydroxyl groups excluding tert-OH is 1. The Bertz CT molecular complexity index is 538. The molecule has 0 aromatic heterocycles. The van der Waals surface area contributed by atoms with Crippen LogP contribution in [-0.4, -0.2) is 17.0 Å². The fraction of sp³-hybridized carbons (Fsp3) is 0.737. The van der Waals surface area contributed by atoms with E-state index in [4.69, 9.17) is 0 Å². The molecule has 0 aliphatic heterocycles. The van der Waals surface area contributed by atoms with E-state index in [1.165, 1.54) is 11.1 Å². The van der Waals surface area contributed by atoms with Gasteiger partial charge in [0.2, 0.25) is 0 Å². The molecule has 0 heterocycles. The van der Waals surface area contributed by atoms with Gasteiger partial charge in [0.15, 0.2) is 5.78 Å². The summed E-state index contributed by atoms with van der Waals surface area (Å²) in [4.78, 5) is 12.3. The second kappa shape index (κ2) is 5.08. The first-order chi connectivity index (χ1) is 9.83. The third-order valence-electron chi connectivity index (χ3n) is 6.21. The predicted octanol–water partition coefficient (Wildman–Crippen LogP) is 4.19. The lowest BCUT2D eigenvalue weighted by Gasteiger charge is -2.35. The van der Waals surface area contributed by atoms with Gasteiger partial charge in [-0.2, -0.15) is 0 Å². The molecular weight excluding hydrogens is 260 g/mol. The Morgan fingerprint density at radius 2 is 1.95 bits per heavy atom. The first-order valence-electron chi connectivity index (χ1n) is 8.49. The van der Waals surface area contributed by atoms with E-state index in [1.807, 2.05) is 0 Å². The van der Waals surface area contributed by atoms with Gasteiger partial charge in [-0.05, 0) is 49.0 Å². The van der Waals surface area contributed by atoms with Gasteiger partial charge in [-0.3, -0.25) is 4.79 Å². The van der Waals surface area contributed by atoms with Crippen LogP contribution in [0.5, 0.6) is 0 Å². The number of carbonyl (C=O) groups is 1. The minimum Gasteiger partial charge on any atom is -0.392 e. The van der Waals surface area contributed by atoms with Crippen LogP contribution in [0.25, 0.3) is 0 Å². The number of carbonyl (C=O) groups excluding carboxylic acids is 1. The summed E-state index contributed by atoms with van der Waals surface area (Å²) in [5.41, 5.74) is 5.42. The van der Waals surface area contributed by atoms with Crippen molar-refractivity contribution in [2.24, 2.45) is 17.3 Å². The van der Waals surface area contributed by atoms with Crippen molar-refractivity contribution in [3.63, 3.8) is 0 Å². The van der Waals surface area contributed by atoms with Crippen molar-refractivity contribution < 1.29 is 9.90 Å². The van der Waals surface area contributed by atoms with Crippen LogP contribution in [0.15, 0.2) is 22.3 Å². The molecule has 3 atom stereocenters. The van der Waals surface area contributed by atoms with Crippen molar-refractivity contribution in [3.8, 4) is 0 Å². The summed E-state index contributed by atoms with van der Waals surface area (Å²) < 4.78 is 0. The van der Waals surface area contributed by atoms with E-state index in [0.717, 1.165) is 37.7 Å². The van der Waals surface area contributed by atoms with E-state index in [1.54, 1.807) is 5.57 Å². The highest BCUT2D eigenvalue weighted by Gasteiger charge is 2.44. The summed E-state index contributed by atoms with van der Waals surface area (Å²) in [6.45, 7) is 8.94. The smallest absolute Gasteiger partial charge is 0.159 e. The van der Waals surface area contributed by atoms with Gasteiger partial charge in [0.05, 0.1) is 6.10 Å². The van der Waals surface area contributed by atoms with Gasteiger partial charge in [-0.25, -0.2) is 0 Å². The fourth-order valence-corrected chi connectivity index (χ4v) is 4.76. The lowest BCUT2D eigenvalue weighted by atomic mass is 9.70. The molecule has 0 aromatic carbocycles. The second-order valence-electron chi connectivity index (χ2n) is 7.88. The van der Waals surface area contributed by atoms with E-state index >= 15 is 0 Å². The van der Waals surface area contributed by atoms with Crippen LogP contribution in [0.3, 0.4) is 0 Å². The molecule has 0 bridgehead atoms. The van der Waals surface area contributed by atoms with Crippen LogP contribution in [0, 0.1) is 17.3 Å². The quantitative estimate of drug-likeness (QED) is 0.735. The van der Waals surface area contributed by atoms with Gasteiger partial charge in [-0.1, -0.05) is 44.4 Å². The largest absolute Gasteiger partial charge is 0.392 e. The zero-order valence-electron chi connectivity index (χ0n) is 13.8. The van der Waals surface area contributed by atoms with E-state index in [2.05, 4.69) is 27.7 Å². The normalized spacial score (nSPS) is 37.0. The second-order valence-corrected chi connectivity index (χ2v) is 7.88. The van der Waals surface area contributed by atoms with Crippen LogP contribution in [-0.2, 0) is 4.79 Å². The van der Waals surface area contributed by atoms with E-state index in [0.29, 0.717) is 18.1 Å². The number of rotatable bonds is 1. The molecule has 0 spiro atoms. The average Bonchev–Trinajstić information content (AvgIpc) is 2.91. The highest BCUT2D eigenvalue weighted by Crippen LogP contribution is 2.54. The Hall–Kier alpha value is -0.890. The molecule has 0 radical (unpaired) electrons. The maximum atomic E-state index is 12.3. The van der Waals surface area contributed by atoms with E-state index in [-0.39, 0.29) is 17.4 Å². The van der Waals surface area contributed by atoms with Gasteiger partial charge in [0.1, 0.15) is 0 Å². The van der Waals surface area contributed by atoms with Gasteiger partial charge in [-0.15, -0.1) is 0 Å². The number of aliphatic hydroxyl groups is 1. The molecule has 3 aliphatic rings. The molecule has 2 heteroatoms. The van der Waals surface area contributed by atoms with Crippen molar-refractivity contribution in [1.29, 1.82) is 0 Å². The maximum absolute atomic E-state index is 12.3. The number of Topliss-reactive ketones (excluding diaryl/α,β-unsaturated/α-hetero) is 1. The summed E-state index contributed by atoms with van der Waals surface area (Å²) in [5, 5.41) is 10.7. The first-order valence-corrected chi connectivity index (χ1v) is 8.49. The minimum absolute atomic E-state index is 0.0985. The van der Waals surface area contributed by atoms with Gasteiger partial charge in [0.25, 0.3) is 0 Å². The summed E-state index contributed by atoms with van der Waals surface area (Å²) in [6.07, 6.45) is 5.19. The summed E-state index contributed by atoms with van der Waals surface area (Å²) in [7, 11) is 0. The van der Waals surface area contributed by atoms with Crippen molar-refractivity contribution in [3.05, 3.63) is 22.3 Å². The lowest BCUT2D eigenvalue weighted by Crippen LogP contribution is -2.29. The monoisotopic (exact) mass is 288 g/mol. The van der Waals surface area contributed by atoms with Crippen LogP contribution in [0.2, 0.25) is 0 Å². The van der Waals surface area contributed by atoms with Crippen LogP contribution < -0.4 is 0 Å². The van der Waals surface area contributed by atoms with E-state index in [9.17, 15) is 9.90 Å². The molecule has 2 nitrogen and oxygen atoms in total. The summed E-state index contributed by atoms with van der Waals surface area (Å²) in [5.74, 6) is 1.03. The van der Waals surface area contributed by atoms with Gasteiger partial charge < -0.3 is 5.11 Å². The molecule has 21 heavy (non-hydrogen) atoms. The molecule has 3 aliphatic carbocycles. The van der Waals surface area contributed by atoms with Crippen molar-refractivity contribution in [2.45, 2.75) is 72.3 Å². The highest BCUT2D eigenvalue weighted by atomic mass is 16.3. The molecular formula is C19H28O2. The average molecular weight is 288 g/mol. The Kier molecular flexibility index (Phi) is 3.64. The summed E-state index contributed by atoms with van der Waals surface area (Å²) in [6, 6.07) is 0. The molecule has 0 saturated heterocycles. The first kappa shape index (κ1) is 15.0. The zero-order valence-corrected chi connectivity index (χ0v) is 13.8.